The molecule has 0 saturated heterocycles. The first-order valence-corrected chi connectivity index (χ1v) is 13.4. The molecule has 1 aromatic heterocycles. The fourth-order valence-corrected chi connectivity index (χ4v) is 5.84. The van der Waals surface area contributed by atoms with Crippen molar-refractivity contribution in [1.29, 1.82) is 0 Å². The monoisotopic (exact) mass is 456 g/mol. The van der Waals surface area contributed by atoms with Crippen LogP contribution in [0.5, 0.6) is 0 Å². The average Bonchev–Trinajstić information content (AvgIpc) is 2.96. The van der Waals surface area contributed by atoms with Crippen LogP contribution >= 0.6 is 11.8 Å². The molecule has 1 aromatic carbocycles. The number of aromatic nitrogens is 2. The molecule has 7 heteroatoms. The largest absolute Gasteiger partial charge is 0.351 e. The predicted octanol–water partition coefficient (Wildman–Crippen LogP) is 4.62. The van der Waals surface area contributed by atoms with Crippen LogP contribution in [0.3, 0.4) is 0 Å². The van der Waals surface area contributed by atoms with E-state index in [9.17, 15) is 9.59 Å². The van der Waals surface area contributed by atoms with Crippen LogP contribution in [0.15, 0.2) is 24.3 Å². The number of hydrogen-bond donors (Lipinski definition) is 1. The molecule has 1 fully saturated rings. The number of nitrogens with one attached hydrogen (secondary N) is 1. The van der Waals surface area contributed by atoms with Gasteiger partial charge in [-0.15, -0.1) is 0 Å². The molecule has 1 atom stereocenters. The maximum Gasteiger partial charge on any atom is 0.290 e. The quantitative estimate of drug-likeness (QED) is 0.465. The number of imidazole rings is 1. The van der Waals surface area contributed by atoms with E-state index in [1.807, 2.05) is 47.5 Å². The summed E-state index contributed by atoms with van der Waals surface area (Å²) in [6.45, 7) is 5.14. The van der Waals surface area contributed by atoms with E-state index in [0.29, 0.717) is 18.9 Å². The number of rotatable bonds is 8. The third kappa shape index (κ3) is 4.68. The highest BCUT2D eigenvalue weighted by Gasteiger charge is 2.48. The minimum absolute atomic E-state index is 0.0256. The van der Waals surface area contributed by atoms with Crippen LogP contribution in [-0.4, -0.2) is 55.9 Å². The summed E-state index contributed by atoms with van der Waals surface area (Å²) < 4.78 is 1.95. The lowest BCUT2D eigenvalue weighted by Gasteiger charge is -2.44. The Morgan fingerprint density at radius 2 is 1.94 bits per heavy atom. The summed E-state index contributed by atoms with van der Waals surface area (Å²) in [6, 6.07) is 8.02. The van der Waals surface area contributed by atoms with E-state index in [2.05, 4.69) is 17.2 Å². The number of hydrogen-bond acceptors (Lipinski definition) is 4. The molecule has 2 heterocycles. The van der Waals surface area contributed by atoms with Crippen molar-refractivity contribution in [2.24, 2.45) is 0 Å². The van der Waals surface area contributed by atoms with Crippen LogP contribution < -0.4 is 5.32 Å². The number of nitrogens with zero attached hydrogens (tertiary/aromatic N) is 3. The van der Waals surface area contributed by atoms with E-state index in [1.165, 1.54) is 12.8 Å². The van der Waals surface area contributed by atoms with Crippen molar-refractivity contribution in [2.45, 2.75) is 83.3 Å². The summed E-state index contributed by atoms with van der Waals surface area (Å²) in [7, 11) is 0. The molecule has 0 unspecified atom stereocenters. The summed E-state index contributed by atoms with van der Waals surface area (Å²) in [4.78, 5) is 33.8. The Balaban J connectivity index is 1.61. The first-order chi connectivity index (χ1) is 15.5. The summed E-state index contributed by atoms with van der Waals surface area (Å²) >= 11 is 1.91. The molecule has 1 aliphatic carbocycles. The van der Waals surface area contributed by atoms with Gasteiger partial charge in [0, 0.05) is 12.6 Å². The van der Waals surface area contributed by atoms with Crippen LogP contribution in [0.25, 0.3) is 11.0 Å². The first-order valence-electron chi connectivity index (χ1n) is 12.2. The molecule has 32 heavy (non-hydrogen) atoms. The normalized spacial score (nSPS) is 22.1. The van der Waals surface area contributed by atoms with E-state index >= 15 is 0 Å². The molecule has 4 rings (SSSR count). The second-order valence-corrected chi connectivity index (χ2v) is 10.6. The second kappa shape index (κ2) is 10.3. The number of carbonyl (C=O) groups is 2. The Morgan fingerprint density at radius 3 is 2.69 bits per heavy atom. The van der Waals surface area contributed by atoms with Crippen molar-refractivity contribution < 1.29 is 9.59 Å². The molecule has 6 nitrogen and oxygen atoms in total. The maximum absolute atomic E-state index is 13.7. The molecule has 1 saturated carbocycles. The Bertz CT molecular complexity index is 951. The maximum atomic E-state index is 13.7. The molecule has 174 valence electrons. The van der Waals surface area contributed by atoms with Crippen LogP contribution in [0.1, 0.15) is 75.8 Å². The second-order valence-electron chi connectivity index (χ2n) is 9.37. The molecule has 0 spiro atoms. The molecule has 2 aromatic rings. The zero-order chi connectivity index (χ0) is 22.6. The lowest BCUT2D eigenvalue weighted by atomic mass is 9.94. The van der Waals surface area contributed by atoms with Gasteiger partial charge in [-0.2, -0.15) is 11.8 Å². The predicted molar refractivity (Wildman–Crippen MR) is 131 cm³/mol. The van der Waals surface area contributed by atoms with Gasteiger partial charge in [0.2, 0.25) is 5.91 Å². The number of thioether (sulfide) groups is 1. The number of benzene rings is 1. The number of para-hydroxylation sites is 2. The van der Waals surface area contributed by atoms with E-state index in [0.717, 1.165) is 61.1 Å². The molecule has 1 N–H and O–H groups in total. The fourth-order valence-electron chi connectivity index (χ4n) is 5.02. The highest BCUT2D eigenvalue weighted by Crippen LogP contribution is 2.31. The SMILES string of the molecule is CCCSCCCN1C(=O)c2nc3ccccc3n2C[C@]1(C)C(=O)NC1CCCCCC1. The minimum atomic E-state index is -0.921. The number of amides is 2. The van der Waals surface area contributed by atoms with Gasteiger partial charge >= 0.3 is 0 Å². The van der Waals surface area contributed by atoms with Crippen LogP contribution in [0, 0.1) is 0 Å². The van der Waals surface area contributed by atoms with Gasteiger partial charge in [0.15, 0.2) is 5.82 Å². The highest BCUT2D eigenvalue weighted by atomic mass is 32.2. The van der Waals surface area contributed by atoms with Gasteiger partial charge in [-0.25, -0.2) is 4.98 Å². The first kappa shape index (κ1) is 23.1. The Hall–Kier alpha value is -2.02. The van der Waals surface area contributed by atoms with Crippen molar-refractivity contribution in [2.75, 3.05) is 18.1 Å². The molecular weight excluding hydrogens is 420 g/mol. The van der Waals surface area contributed by atoms with Gasteiger partial charge in [-0.05, 0) is 56.2 Å². The highest BCUT2D eigenvalue weighted by molar-refractivity contribution is 7.99. The van der Waals surface area contributed by atoms with E-state index < -0.39 is 5.54 Å². The molecule has 0 radical (unpaired) electrons. The standard InChI is InChI=1S/C25H36N4O2S/c1-3-16-32-17-10-15-29-23(30)22-27-20-13-8-9-14-21(20)28(22)18-25(29,2)24(31)26-19-11-6-4-5-7-12-19/h8-9,13-14,19H,3-7,10-12,15-18H2,1-2H3,(H,26,31)/t25-/m1/s1. The molecular formula is C25H36N4O2S. The van der Waals surface area contributed by atoms with Gasteiger partial charge in [0.25, 0.3) is 5.91 Å². The van der Waals surface area contributed by atoms with Gasteiger partial charge in [-0.3, -0.25) is 9.59 Å². The van der Waals surface area contributed by atoms with E-state index in [-0.39, 0.29) is 17.9 Å². The summed E-state index contributed by atoms with van der Waals surface area (Å²) in [6.07, 6.45) is 8.90. The Labute approximate surface area is 195 Å². The Morgan fingerprint density at radius 1 is 1.19 bits per heavy atom. The third-order valence-electron chi connectivity index (χ3n) is 6.85. The van der Waals surface area contributed by atoms with Gasteiger partial charge < -0.3 is 14.8 Å². The van der Waals surface area contributed by atoms with E-state index in [1.54, 1.807) is 4.90 Å². The van der Waals surface area contributed by atoms with Crippen LogP contribution in [0.2, 0.25) is 0 Å². The van der Waals surface area contributed by atoms with Gasteiger partial charge in [0.05, 0.1) is 17.6 Å². The molecule has 2 amide bonds. The van der Waals surface area contributed by atoms with Gasteiger partial charge in [-0.1, -0.05) is 44.7 Å². The Kier molecular flexibility index (Phi) is 7.44. The topological polar surface area (TPSA) is 67.2 Å². The van der Waals surface area contributed by atoms with Crippen molar-refractivity contribution in [1.82, 2.24) is 19.8 Å². The van der Waals surface area contributed by atoms with Crippen molar-refractivity contribution in [3.63, 3.8) is 0 Å². The molecule has 0 bridgehead atoms. The van der Waals surface area contributed by atoms with Crippen molar-refractivity contribution >= 4 is 34.6 Å². The third-order valence-corrected chi connectivity index (χ3v) is 8.13. The summed E-state index contributed by atoms with van der Waals surface area (Å²) in [5.74, 6) is 2.42. The number of carbonyl (C=O) groups excluding carboxylic acids is 2. The van der Waals surface area contributed by atoms with Crippen LogP contribution in [0.4, 0.5) is 0 Å². The van der Waals surface area contributed by atoms with Crippen molar-refractivity contribution in [3.8, 4) is 0 Å². The zero-order valence-corrected chi connectivity index (χ0v) is 20.3. The van der Waals surface area contributed by atoms with Crippen molar-refractivity contribution in [3.05, 3.63) is 30.1 Å². The lowest BCUT2D eigenvalue weighted by molar-refractivity contribution is -0.133. The van der Waals surface area contributed by atoms with Crippen LogP contribution in [-0.2, 0) is 11.3 Å². The minimum Gasteiger partial charge on any atom is -0.351 e. The number of fused-ring (bicyclic) bond motifs is 3. The lowest BCUT2D eigenvalue weighted by Crippen LogP contribution is -2.65. The average molecular weight is 457 g/mol. The van der Waals surface area contributed by atoms with E-state index in [4.69, 9.17) is 0 Å². The fraction of sp³-hybridized carbons (Fsp3) is 0.640. The molecule has 2 aliphatic rings. The summed E-state index contributed by atoms with van der Waals surface area (Å²) in [5.41, 5.74) is 0.806. The molecule has 1 aliphatic heterocycles. The zero-order valence-electron chi connectivity index (χ0n) is 19.4. The van der Waals surface area contributed by atoms with Gasteiger partial charge in [0.1, 0.15) is 5.54 Å². The smallest absolute Gasteiger partial charge is 0.290 e. The summed E-state index contributed by atoms with van der Waals surface area (Å²) in [5, 5.41) is 3.33.